The maximum atomic E-state index is 12.1. The van der Waals surface area contributed by atoms with E-state index >= 15 is 0 Å². The highest BCUT2D eigenvalue weighted by Crippen LogP contribution is 2.14. The number of aromatic nitrogens is 3. The minimum absolute atomic E-state index is 0.107. The maximum absolute atomic E-state index is 12.1. The van der Waals surface area contributed by atoms with Gasteiger partial charge in [-0.2, -0.15) is 0 Å². The third-order valence-electron chi connectivity index (χ3n) is 3.47. The van der Waals surface area contributed by atoms with Crippen molar-refractivity contribution >= 4 is 11.6 Å². The molecule has 1 aromatic carbocycles. The van der Waals surface area contributed by atoms with Gasteiger partial charge in [0.05, 0.1) is 6.54 Å². The van der Waals surface area contributed by atoms with Crippen LogP contribution < -0.4 is 10.2 Å². The molecule has 0 aliphatic carbocycles. The molecule has 0 atom stereocenters. The van der Waals surface area contributed by atoms with Gasteiger partial charge >= 0.3 is 0 Å². The van der Waals surface area contributed by atoms with Gasteiger partial charge in [0.2, 0.25) is 0 Å². The number of nitrogens with one attached hydrogen (secondary N) is 1. The zero-order valence-electron chi connectivity index (χ0n) is 12.7. The van der Waals surface area contributed by atoms with Crippen LogP contribution in [0, 0.1) is 0 Å². The van der Waals surface area contributed by atoms with Crippen molar-refractivity contribution in [3.63, 3.8) is 0 Å². The minimum atomic E-state index is -0.107. The van der Waals surface area contributed by atoms with Gasteiger partial charge in [-0.15, -0.1) is 10.2 Å². The number of carbonyl (C=O) groups excluding carboxylic acids is 1. The number of hydrogen-bond donors (Lipinski definition) is 1. The Morgan fingerprint density at radius 3 is 2.43 bits per heavy atom. The summed E-state index contributed by atoms with van der Waals surface area (Å²) in [7, 11) is 1.85. The van der Waals surface area contributed by atoms with Crippen LogP contribution >= 0.6 is 0 Å². The zero-order valence-corrected chi connectivity index (χ0v) is 12.7. The first kappa shape index (κ1) is 15.0. The van der Waals surface area contributed by atoms with Crippen LogP contribution in [0.25, 0.3) is 0 Å². The number of aryl methyl sites for hydroxylation is 1. The number of nitrogens with zero attached hydrogens (tertiary/aromatic N) is 4. The van der Waals surface area contributed by atoms with Crippen LogP contribution in [0.1, 0.15) is 30.0 Å². The molecule has 0 aliphatic heterocycles. The summed E-state index contributed by atoms with van der Waals surface area (Å²) in [6, 6.07) is 7.65. The van der Waals surface area contributed by atoms with E-state index in [2.05, 4.69) is 34.3 Å². The van der Waals surface area contributed by atoms with Crippen LogP contribution in [0.4, 0.5) is 5.69 Å². The number of benzene rings is 1. The minimum Gasteiger partial charge on any atom is -0.372 e. The molecule has 0 fully saturated rings. The monoisotopic (exact) mass is 287 g/mol. The summed E-state index contributed by atoms with van der Waals surface area (Å²) < 4.78 is 1.78. The molecule has 1 N–H and O–H groups in total. The number of anilines is 1. The summed E-state index contributed by atoms with van der Waals surface area (Å²) in [6.07, 6.45) is 1.61. The first-order chi connectivity index (χ1) is 10.2. The molecule has 0 radical (unpaired) electrons. The fourth-order valence-electron chi connectivity index (χ4n) is 2.14. The number of hydrogen-bond acceptors (Lipinski definition) is 4. The molecule has 0 spiro atoms. The molecular formula is C15H21N5O. The van der Waals surface area contributed by atoms with Crippen molar-refractivity contribution in [3.05, 3.63) is 42.0 Å². The lowest BCUT2D eigenvalue weighted by Gasteiger charge is -2.21. The average molecular weight is 287 g/mol. The van der Waals surface area contributed by atoms with Crippen LogP contribution in [0.5, 0.6) is 0 Å². The Morgan fingerprint density at radius 1 is 1.24 bits per heavy atom. The summed E-state index contributed by atoms with van der Waals surface area (Å²) in [5.41, 5.74) is 1.78. The number of rotatable bonds is 6. The predicted octanol–water partition coefficient (Wildman–Crippen LogP) is 1.59. The van der Waals surface area contributed by atoms with E-state index in [-0.39, 0.29) is 5.91 Å². The summed E-state index contributed by atoms with van der Waals surface area (Å²) in [5, 5.41) is 10.6. The lowest BCUT2D eigenvalue weighted by molar-refractivity contribution is 0.0949. The first-order valence-electron chi connectivity index (χ1n) is 7.11. The SMILES string of the molecule is CCN(CC)c1ccc(C(=O)NCc2nncn2C)cc1. The van der Waals surface area contributed by atoms with Gasteiger partial charge in [0, 0.05) is 31.4 Å². The van der Waals surface area contributed by atoms with Gasteiger partial charge < -0.3 is 14.8 Å². The predicted molar refractivity (Wildman–Crippen MR) is 82.2 cm³/mol. The molecule has 2 aromatic rings. The van der Waals surface area contributed by atoms with Gasteiger partial charge in [-0.05, 0) is 38.1 Å². The van der Waals surface area contributed by atoms with Gasteiger partial charge in [-0.1, -0.05) is 0 Å². The molecule has 21 heavy (non-hydrogen) atoms. The van der Waals surface area contributed by atoms with E-state index in [4.69, 9.17) is 0 Å². The molecule has 0 aliphatic rings. The van der Waals surface area contributed by atoms with Gasteiger partial charge in [0.25, 0.3) is 5.91 Å². The molecule has 6 nitrogen and oxygen atoms in total. The number of amides is 1. The van der Waals surface area contributed by atoms with Crippen molar-refractivity contribution < 1.29 is 4.79 Å². The molecule has 0 saturated carbocycles. The highest BCUT2D eigenvalue weighted by molar-refractivity contribution is 5.94. The topological polar surface area (TPSA) is 63.1 Å². The van der Waals surface area contributed by atoms with Crippen molar-refractivity contribution in [2.24, 2.45) is 7.05 Å². The molecule has 1 heterocycles. The van der Waals surface area contributed by atoms with Crippen LogP contribution in [0.3, 0.4) is 0 Å². The van der Waals surface area contributed by atoms with Crippen molar-refractivity contribution in [1.29, 1.82) is 0 Å². The Balaban J connectivity index is 1.98. The Bertz CT molecular complexity index is 586. The van der Waals surface area contributed by atoms with Gasteiger partial charge in [0.1, 0.15) is 6.33 Å². The van der Waals surface area contributed by atoms with Crippen molar-refractivity contribution in [2.45, 2.75) is 20.4 Å². The molecule has 112 valence electrons. The van der Waals surface area contributed by atoms with Crippen LogP contribution in [0.2, 0.25) is 0 Å². The average Bonchev–Trinajstić information content (AvgIpc) is 2.92. The van der Waals surface area contributed by atoms with Crippen molar-refractivity contribution in [2.75, 3.05) is 18.0 Å². The highest BCUT2D eigenvalue weighted by atomic mass is 16.1. The zero-order chi connectivity index (χ0) is 15.2. The van der Waals surface area contributed by atoms with E-state index in [1.165, 1.54) is 0 Å². The van der Waals surface area contributed by atoms with Crippen LogP contribution in [0.15, 0.2) is 30.6 Å². The standard InChI is InChI=1S/C15H21N5O/c1-4-20(5-2)13-8-6-12(7-9-13)15(21)16-10-14-18-17-11-19(14)3/h6-9,11H,4-5,10H2,1-3H3,(H,16,21). The normalized spacial score (nSPS) is 10.4. The molecule has 0 unspecified atom stereocenters. The largest absolute Gasteiger partial charge is 0.372 e. The van der Waals surface area contributed by atoms with Crippen LogP contribution in [-0.4, -0.2) is 33.8 Å². The Labute approximate surface area is 124 Å². The first-order valence-corrected chi connectivity index (χ1v) is 7.11. The van der Waals surface area contributed by atoms with E-state index in [0.717, 1.165) is 24.6 Å². The van der Waals surface area contributed by atoms with Gasteiger partial charge in [0.15, 0.2) is 5.82 Å². The van der Waals surface area contributed by atoms with Crippen molar-refractivity contribution in [1.82, 2.24) is 20.1 Å². The maximum Gasteiger partial charge on any atom is 0.251 e. The Hall–Kier alpha value is -2.37. The highest BCUT2D eigenvalue weighted by Gasteiger charge is 2.08. The molecule has 0 saturated heterocycles. The summed E-state index contributed by atoms with van der Waals surface area (Å²) in [5.74, 6) is 0.618. The van der Waals surface area contributed by atoms with Crippen LogP contribution in [-0.2, 0) is 13.6 Å². The molecule has 0 bridgehead atoms. The third-order valence-corrected chi connectivity index (χ3v) is 3.47. The molecule has 6 heteroatoms. The lowest BCUT2D eigenvalue weighted by atomic mass is 10.2. The van der Waals surface area contributed by atoms with E-state index in [0.29, 0.717) is 12.1 Å². The van der Waals surface area contributed by atoms with Crippen molar-refractivity contribution in [3.8, 4) is 0 Å². The fraction of sp³-hybridized carbons (Fsp3) is 0.400. The summed E-state index contributed by atoms with van der Waals surface area (Å²) >= 11 is 0. The third kappa shape index (κ3) is 3.59. The van der Waals surface area contributed by atoms with Gasteiger partial charge in [-0.25, -0.2) is 0 Å². The van der Waals surface area contributed by atoms with E-state index in [1.54, 1.807) is 10.9 Å². The lowest BCUT2D eigenvalue weighted by Crippen LogP contribution is -2.25. The quantitative estimate of drug-likeness (QED) is 0.876. The molecule has 1 amide bonds. The second-order valence-electron chi connectivity index (χ2n) is 4.76. The Morgan fingerprint density at radius 2 is 1.90 bits per heavy atom. The number of carbonyl (C=O) groups is 1. The van der Waals surface area contributed by atoms with E-state index in [1.807, 2.05) is 31.3 Å². The van der Waals surface area contributed by atoms with Gasteiger partial charge in [-0.3, -0.25) is 4.79 Å². The Kier molecular flexibility index (Phi) is 4.92. The molecular weight excluding hydrogens is 266 g/mol. The van der Waals surface area contributed by atoms with E-state index in [9.17, 15) is 4.79 Å². The van der Waals surface area contributed by atoms with E-state index < -0.39 is 0 Å². The fourth-order valence-corrected chi connectivity index (χ4v) is 2.14. The second kappa shape index (κ2) is 6.88. The second-order valence-corrected chi connectivity index (χ2v) is 4.76. The smallest absolute Gasteiger partial charge is 0.251 e. The molecule has 2 rings (SSSR count). The summed E-state index contributed by atoms with van der Waals surface area (Å²) in [6.45, 7) is 6.51. The summed E-state index contributed by atoms with van der Waals surface area (Å²) in [4.78, 5) is 14.3. The molecule has 1 aromatic heterocycles.